The minimum Gasteiger partial charge on any atom is -0.270 e. The second-order valence-electron chi connectivity index (χ2n) is 3.83. The maximum atomic E-state index is 5.99. The van der Waals surface area contributed by atoms with E-state index in [-0.39, 0.29) is 0 Å². The highest BCUT2D eigenvalue weighted by atomic mass is 79.9. The Hall–Kier alpha value is -0.160. The van der Waals surface area contributed by atoms with Crippen LogP contribution in [-0.2, 0) is 12.8 Å². The molecular weight excluding hydrogens is 355 g/mol. The van der Waals surface area contributed by atoms with Crippen molar-refractivity contribution in [2.75, 3.05) is 0 Å². The van der Waals surface area contributed by atoms with E-state index in [4.69, 9.17) is 23.2 Å². The number of thioether (sulfide) groups is 1. The van der Waals surface area contributed by atoms with E-state index in [1.807, 2.05) is 36.9 Å². The third kappa shape index (κ3) is 3.05. The number of aromatic nitrogens is 2. The van der Waals surface area contributed by atoms with Gasteiger partial charge in [0.25, 0.3) is 0 Å². The minimum absolute atomic E-state index is 0.582. The van der Waals surface area contributed by atoms with Gasteiger partial charge in [0.15, 0.2) is 0 Å². The Balaban J connectivity index is 2.14. The normalized spacial score (nSPS) is 10.9. The molecule has 0 aliphatic carbocycles. The first-order chi connectivity index (χ1) is 8.49. The molecule has 6 heteroatoms. The van der Waals surface area contributed by atoms with Crippen molar-refractivity contribution in [3.8, 4) is 0 Å². The molecule has 0 fully saturated rings. The van der Waals surface area contributed by atoms with Gasteiger partial charge in [0.2, 0.25) is 0 Å². The van der Waals surface area contributed by atoms with Crippen LogP contribution in [0.2, 0.25) is 10.0 Å². The second-order valence-corrected chi connectivity index (χ2v) is 6.49. The molecular formula is C12H11BrCl2N2S. The van der Waals surface area contributed by atoms with Crippen LogP contribution < -0.4 is 0 Å². The Morgan fingerprint density at radius 1 is 1.33 bits per heavy atom. The average Bonchev–Trinajstić information content (AvgIpc) is 2.56. The van der Waals surface area contributed by atoms with Crippen LogP contribution in [-0.4, -0.2) is 9.78 Å². The van der Waals surface area contributed by atoms with Crippen LogP contribution in [0.3, 0.4) is 0 Å². The Labute approximate surface area is 129 Å². The summed E-state index contributed by atoms with van der Waals surface area (Å²) < 4.78 is 2.96. The molecule has 0 saturated carbocycles. The number of aryl methyl sites for hydroxylation is 2. The van der Waals surface area contributed by atoms with Crippen molar-refractivity contribution >= 4 is 50.9 Å². The molecule has 0 radical (unpaired) electrons. The average molecular weight is 366 g/mol. The molecule has 1 aromatic carbocycles. The smallest absolute Gasteiger partial charge is 0.0738 e. The fraction of sp³-hybridized carbons (Fsp3) is 0.250. The quantitative estimate of drug-likeness (QED) is 0.705. The number of hydrogen-bond donors (Lipinski definition) is 0. The topological polar surface area (TPSA) is 17.8 Å². The van der Waals surface area contributed by atoms with Crippen molar-refractivity contribution in [1.29, 1.82) is 0 Å². The Bertz CT molecular complexity index is 584. The lowest BCUT2D eigenvalue weighted by atomic mass is 10.4. The summed E-state index contributed by atoms with van der Waals surface area (Å²) in [6.07, 6.45) is 0. The van der Waals surface area contributed by atoms with E-state index < -0.39 is 0 Å². The summed E-state index contributed by atoms with van der Waals surface area (Å²) in [6.45, 7) is 1.98. The lowest BCUT2D eigenvalue weighted by Gasteiger charge is -2.04. The zero-order chi connectivity index (χ0) is 13.3. The van der Waals surface area contributed by atoms with Gasteiger partial charge in [0, 0.05) is 17.7 Å². The summed E-state index contributed by atoms with van der Waals surface area (Å²) in [5.74, 6) is 0.829. The van der Waals surface area contributed by atoms with Crippen LogP contribution in [0.15, 0.2) is 27.6 Å². The van der Waals surface area contributed by atoms with Gasteiger partial charge in [-0.3, -0.25) is 4.68 Å². The second kappa shape index (κ2) is 5.87. The van der Waals surface area contributed by atoms with Crippen LogP contribution in [0.25, 0.3) is 0 Å². The molecule has 2 aromatic rings. The Kier molecular flexibility index (Phi) is 4.64. The molecule has 0 amide bonds. The zero-order valence-corrected chi connectivity index (χ0v) is 13.8. The van der Waals surface area contributed by atoms with E-state index in [1.54, 1.807) is 11.8 Å². The van der Waals surface area contributed by atoms with Gasteiger partial charge >= 0.3 is 0 Å². The SMILES string of the molecule is Cc1nn(C)c(CSc2ccc(Cl)c(Cl)c2)c1Br. The molecule has 0 atom stereocenters. The molecule has 0 bridgehead atoms. The summed E-state index contributed by atoms with van der Waals surface area (Å²) in [4.78, 5) is 1.09. The molecule has 0 spiro atoms. The van der Waals surface area contributed by atoms with Gasteiger partial charge in [0.1, 0.15) is 0 Å². The molecule has 0 aliphatic rings. The van der Waals surface area contributed by atoms with Crippen molar-refractivity contribution in [3.63, 3.8) is 0 Å². The van der Waals surface area contributed by atoms with Gasteiger partial charge < -0.3 is 0 Å². The molecule has 1 aromatic heterocycles. The highest BCUT2D eigenvalue weighted by Crippen LogP contribution is 2.32. The van der Waals surface area contributed by atoms with Gasteiger partial charge in [0.05, 0.1) is 25.9 Å². The maximum absolute atomic E-state index is 5.99. The molecule has 0 aliphatic heterocycles. The lowest BCUT2D eigenvalue weighted by Crippen LogP contribution is -1.96. The van der Waals surface area contributed by atoms with E-state index in [9.17, 15) is 0 Å². The van der Waals surface area contributed by atoms with Crippen molar-refractivity contribution < 1.29 is 0 Å². The molecule has 0 unspecified atom stereocenters. The highest BCUT2D eigenvalue weighted by Gasteiger charge is 2.11. The Morgan fingerprint density at radius 3 is 2.61 bits per heavy atom. The lowest BCUT2D eigenvalue weighted by molar-refractivity contribution is 0.727. The first kappa shape index (κ1) is 14.3. The summed E-state index contributed by atoms with van der Waals surface area (Å²) in [7, 11) is 1.95. The monoisotopic (exact) mass is 364 g/mol. The van der Waals surface area contributed by atoms with E-state index in [0.717, 1.165) is 26.5 Å². The molecule has 0 saturated heterocycles. The standard InChI is InChI=1S/C12H11BrCl2N2S/c1-7-12(13)11(17(2)16-7)6-18-8-3-4-9(14)10(15)5-8/h3-5H,6H2,1-2H3. The van der Waals surface area contributed by atoms with E-state index in [0.29, 0.717) is 10.0 Å². The predicted molar refractivity (Wildman–Crippen MR) is 81.7 cm³/mol. The molecule has 2 nitrogen and oxygen atoms in total. The summed E-state index contributed by atoms with van der Waals surface area (Å²) in [5, 5.41) is 5.53. The van der Waals surface area contributed by atoms with Crippen LogP contribution >= 0.6 is 50.9 Å². The van der Waals surface area contributed by atoms with E-state index >= 15 is 0 Å². The third-order valence-corrected chi connectivity index (χ3v) is 5.30. The van der Waals surface area contributed by atoms with Crippen molar-refractivity contribution in [1.82, 2.24) is 9.78 Å². The number of nitrogens with zero attached hydrogens (tertiary/aromatic N) is 2. The van der Waals surface area contributed by atoms with Gasteiger partial charge in [-0.05, 0) is 41.1 Å². The van der Waals surface area contributed by atoms with Crippen molar-refractivity contribution in [3.05, 3.63) is 44.1 Å². The summed E-state index contributed by atoms with van der Waals surface area (Å²) in [5.41, 5.74) is 2.16. The third-order valence-electron chi connectivity index (χ3n) is 2.53. The molecule has 1 heterocycles. The largest absolute Gasteiger partial charge is 0.270 e. The molecule has 2 rings (SSSR count). The minimum atomic E-state index is 0.582. The van der Waals surface area contributed by atoms with Gasteiger partial charge in [-0.1, -0.05) is 23.2 Å². The van der Waals surface area contributed by atoms with E-state index in [1.165, 1.54) is 0 Å². The number of hydrogen-bond acceptors (Lipinski definition) is 2. The summed E-state index contributed by atoms with van der Waals surface area (Å²) in [6, 6.07) is 5.66. The molecule has 96 valence electrons. The van der Waals surface area contributed by atoms with Crippen LogP contribution in [0.4, 0.5) is 0 Å². The van der Waals surface area contributed by atoms with Gasteiger partial charge in [-0.25, -0.2) is 0 Å². The van der Waals surface area contributed by atoms with Gasteiger partial charge in [-0.2, -0.15) is 5.10 Å². The van der Waals surface area contributed by atoms with Crippen LogP contribution in [0.5, 0.6) is 0 Å². The first-order valence-electron chi connectivity index (χ1n) is 5.25. The Morgan fingerprint density at radius 2 is 2.06 bits per heavy atom. The fourth-order valence-electron chi connectivity index (χ4n) is 1.56. The van der Waals surface area contributed by atoms with Crippen molar-refractivity contribution in [2.45, 2.75) is 17.6 Å². The van der Waals surface area contributed by atoms with Gasteiger partial charge in [-0.15, -0.1) is 11.8 Å². The first-order valence-corrected chi connectivity index (χ1v) is 7.78. The fourth-order valence-corrected chi connectivity index (χ4v) is 3.58. The highest BCUT2D eigenvalue weighted by molar-refractivity contribution is 9.10. The maximum Gasteiger partial charge on any atom is 0.0738 e. The molecule has 18 heavy (non-hydrogen) atoms. The van der Waals surface area contributed by atoms with Crippen LogP contribution in [0, 0.1) is 6.92 Å². The van der Waals surface area contributed by atoms with E-state index in [2.05, 4.69) is 21.0 Å². The zero-order valence-electron chi connectivity index (χ0n) is 9.88. The number of rotatable bonds is 3. The molecule has 0 N–H and O–H groups in total. The summed E-state index contributed by atoms with van der Waals surface area (Å²) >= 11 is 17.1. The van der Waals surface area contributed by atoms with Crippen LogP contribution in [0.1, 0.15) is 11.4 Å². The predicted octanol–water partition coefficient (Wildman–Crippen LogP) is 5.09. The number of halogens is 3. The number of benzene rings is 1. The van der Waals surface area contributed by atoms with Crippen molar-refractivity contribution in [2.24, 2.45) is 7.05 Å².